The van der Waals surface area contributed by atoms with Gasteiger partial charge < -0.3 is 9.47 Å². The zero-order valence-corrected chi connectivity index (χ0v) is 8.12. The van der Waals surface area contributed by atoms with Gasteiger partial charge in [-0.2, -0.15) is 0 Å². The van der Waals surface area contributed by atoms with E-state index in [4.69, 9.17) is 4.74 Å². The molecule has 0 saturated carbocycles. The van der Waals surface area contributed by atoms with Gasteiger partial charge in [-0.15, -0.1) is 0 Å². The number of rotatable bonds is 1. The summed E-state index contributed by atoms with van der Waals surface area (Å²) < 4.78 is 9.64. The normalized spacial score (nSPS) is 22.7. The third-order valence-corrected chi connectivity index (χ3v) is 1.75. The van der Waals surface area contributed by atoms with E-state index in [1.807, 2.05) is 0 Å². The number of hydrogen-bond donors (Lipinski definition) is 0. The van der Waals surface area contributed by atoms with Gasteiger partial charge >= 0.3 is 11.9 Å². The van der Waals surface area contributed by atoms with Crippen LogP contribution in [0.4, 0.5) is 0 Å². The molecule has 1 rings (SSSR count). The minimum Gasteiger partial charge on any atom is -0.463 e. The second kappa shape index (κ2) is 3.36. The minimum absolute atomic E-state index is 0.348. The van der Waals surface area contributed by atoms with Crippen LogP contribution < -0.4 is 0 Å². The minimum atomic E-state index is -0.688. The van der Waals surface area contributed by atoms with Crippen LogP contribution in [0.3, 0.4) is 0 Å². The number of carbonyl (C=O) groups excluding carboxylic acids is 2. The molecule has 4 nitrogen and oxygen atoms in total. The molecule has 0 unspecified atom stereocenters. The van der Waals surface area contributed by atoms with E-state index in [0.29, 0.717) is 13.0 Å². The van der Waals surface area contributed by atoms with Gasteiger partial charge in [0.25, 0.3) is 0 Å². The number of cyclic esters (lactones) is 1. The quantitative estimate of drug-likeness (QED) is 0.571. The number of carbonyl (C=O) groups is 2. The molecule has 1 saturated heterocycles. The van der Waals surface area contributed by atoms with Gasteiger partial charge in [0.15, 0.2) is 0 Å². The highest BCUT2D eigenvalue weighted by atomic mass is 16.6. The van der Waals surface area contributed by atoms with Crippen LogP contribution in [-0.2, 0) is 19.1 Å². The van der Waals surface area contributed by atoms with Crippen LogP contribution in [-0.4, -0.2) is 24.6 Å². The maximum atomic E-state index is 11.3. The van der Waals surface area contributed by atoms with Gasteiger partial charge in [-0.05, 0) is 20.8 Å². The molecule has 13 heavy (non-hydrogen) atoms. The third-order valence-electron chi connectivity index (χ3n) is 1.75. The Hall–Kier alpha value is -1.06. The van der Waals surface area contributed by atoms with Crippen LogP contribution in [0.1, 0.15) is 27.2 Å². The topological polar surface area (TPSA) is 52.6 Å². The average Bonchev–Trinajstić information content (AvgIpc) is 2.34. The van der Waals surface area contributed by atoms with Gasteiger partial charge in [-0.25, -0.2) is 4.79 Å². The molecule has 0 aromatic carbocycles. The third kappa shape index (κ3) is 2.44. The van der Waals surface area contributed by atoms with Crippen LogP contribution in [0.25, 0.3) is 0 Å². The van der Waals surface area contributed by atoms with Crippen molar-refractivity contribution >= 4 is 11.9 Å². The standard InChI is InChI=1S/C9H14O4/c1-9(2,3)8(11)13-6-4-5-12-7(6)10/h6H,4-5H2,1-3H3/t6-/m1/s1. The number of esters is 2. The Morgan fingerprint density at radius 2 is 2.15 bits per heavy atom. The van der Waals surface area contributed by atoms with Crippen LogP contribution >= 0.6 is 0 Å². The summed E-state index contributed by atoms with van der Waals surface area (Å²) >= 11 is 0. The molecule has 0 radical (unpaired) electrons. The fraction of sp³-hybridized carbons (Fsp3) is 0.778. The first-order chi connectivity index (χ1) is 5.91. The van der Waals surface area contributed by atoms with Crippen molar-refractivity contribution in [2.75, 3.05) is 6.61 Å². The Morgan fingerprint density at radius 3 is 2.54 bits per heavy atom. The lowest BCUT2D eigenvalue weighted by atomic mass is 9.97. The maximum Gasteiger partial charge on any atom is 0.347 e. The molecule has 0 aromatic heterocycles. The lowest BCUT2D eigenvalue weighted by molar-refractivity contribution is -0.166. The average molecular weight is 186 g/mol. The predicted molar refractivity (Wildman–Crippen MR) is 44.9 cm³/mol. The Labute approximate surface area is 77.2 Å². The molecule has 1 aliphatic rings. The molecular formula is C9H14O4. The fourth-order valence-corrected chi connectivity index (χ4v) is 0.890. The Bertz CT molecular complexity index is 226. The SMILES string of the molecule is CC(C)(C)C(=O)O[C@@H]1CCOC1=O. The van der Waals surface area contributed by atoms with Crippen molar-refractivity contribution in [1.82, 2.24) is 0 Å². The van der Waals surface area contributed by atoms with Crippen molar-refractivity contribution < 1.29 is 19.1 Å². The van der Waals surface area contributed by atoms with Gasteiger partial charge in [-0.3, -0.25) is 4.79 Å². The molecule has 0 bridgehead atoms. The number of ether oxygens (including phenoxy) is 2. The molecule has 0 spiro atoms. The molecule has 1 atom stereocenters. The summed E-state index contributed by atoms with van der Waals surface area (Å²) in [6.45, 7) is 5.59. The molecule has 1 heterocycles. The van der Waals surface area contributed by atoms with E-state index in [0.717, 1.165) is 0 Å². The first-order valence-corrected chi connectivity index (χ1v) is 4.29. The van der Waals surface area contributed by atoms with Crippen LogP contribution in [0.5, 0.6) is 0 Å². The Kier molecular flexibility index (Phi) is 2.59. The van der Waals surface area contributed by atoms with E-state index >= 15 is 0 Å². The molecule has 4 heteroatoms. The Morgan fingerprint density at radius 1 is 1.54 bits per heavy atom. The van der Waals surface area contributed by atoms with Crippen LogP contribution in [0, 0.1) is 5.41 Å². The lowest BCUT2D eigenvalue weighted by Gasteiger charge is -2.18. The summed E-state index contributed by atoms with van der Waals surface area (Å²) in [5.41, 5.74) is -0.567. The molecule has 0 N–H and O–H groups in total. The summed E-state index contributed by atoms with van der Waals surface area (Å²) in [5, 5.41) is 0. The van der Waals surface area contributed by atoms with Crippen molar-refractivity contribution in [3.05, 3.63) is 0 Å². The van der Waals surface area contributed by atoms with E-state index in [1.54, 1.807) is 20.8 Å². The summed E-state index contributed by atoms with van der Waals surface area (Å²) in [7, 11) is 0. The highest BCUT2D eigenvalue weighted by molar-refractivity contribution is 5.82. The zero-order chi connectivity index (χ0) is 10.1. The van der Waals surface area contributed by atoms with Crippen molar-refractivity contribution in [1.29, 1.82) is 0 Å². The fourth-order valence-electron chi connectivity index (χ4n) is 0.890. The second-order valence-electron chi connectivity index (χ2n) is 4.10. The molecule has 0 aromatic rings. The molecular weight excluding hydrogens is 172 g/mol. The Balaban J connectivity index is 2.49. The van der Waals surface area contributed by atoms with E-state index in [1.165, 1.54) is 0 Å². The summed E-state index contributed by atoms with van der Waals surface area (Å²) in [5.74, 6) is -0.797. The molecule has 0 amide bonds. The van der Waals surface area contributed by atoms with Crippen LogP contribution in [0.2, 0.25) is 0 Å². The number of hydrogen-bond acceptors (Lipinski definition) is 4. The van der Waals surface area contributed by atoms with Crippen molar-refractivity contribution in [2.24, 2.45) is 5.41 Å². The maximum absolute atomic E-state index is 11.3. The van der Waals surface area contributed by atoms with Crippen LogP contribution in [0.15, 0.2) is 0 Å². The summed E-state index contributed by atoms with van der Waals surface area (Å²) in [4.78, 5) is 22.3. The van der Waals surface area contributed by atoms with Gasteiger partial charge in [0.05, 0.1) is 12.0 Å². The summed E-state index contributed by atoms with van der Waals surface area (Å²) in [6, 6.07) is 0. The zero-order valence-electron chi connectivity index (χ0n) is 8.12. The van der Waals surface area contributed by atoms with Crippen molar-refractivity contribution in [3.8, 4) is 0 Å². The van der Waals surface area contributed by atoms with Gasteiger partial charge in [0.1, 0.15) is 0 Å². The van der Waals surface area contributed by atoms with Gasteiger partial charge in [-0.1, -0.05) is 0 Å². The highest BCUT2D eigenvalue weighted by Gasteiger charge is 2.33. The summed E-state index contributed by atoms with van der Waals surface area (Å²) in [6.07, 6.45) is -0.215. The lowest BCUT2D eigenvalue weighted by Crippen LogP contribution is -2.30. The molecule has 1 fully saturated rings. The van der Waals surface area contributed by atoms with Crippen molar-refractivity contribution in [3.63, 3.8) is 0 Å². The molecule has 1 aliphatic heterocycles. The smallest absolute Gasteiger partial charge is 0.347 e. The van der Waals surface area contributed by atoms with E-state index in [-0.39, 0.29) is 5.97 Å². The monoisotopic (exact) mass is 186 g/mol. The largest absolute Gasteiger partial charge is 0.463 e. The van der Waals surface area contributed by atoms with E-state index in [9.17, 15) is 9.59 Å². The highest BCUT2D eigenvalue weighted by Crippen LogP contribution is 2.19. The predicted octanol–water partition coefficient (Wildman–Crippen LogP) is 0.891. The van der Waals surface area contributed by atoms with Crippen molar-refractivity contribution in [2.45, 2.75) is 33.3 Å². The second-order valence-corrected chi connectivity index (χ2v) is 4.10. The van der Waals surface area contributed by atoms with E-state index < -0.39 is 17.5 Å². The molecule has 0 aliphatic carbocycles. The van der Waals surface area contributed by atoms with Gasteiger partial charge in [0, 0.05) is 6.42 Å². The molecule has 74 valence electrons. The first-order valence-electron chi connectivity index (χ1n) is 4.29. The first kappa shape index (κ1) is 10.0. The van der Waals surface area contributed by atoms with Gasteiger partial charge in [0.2, 0.25) is 6.10 Å². The van der Waals surface area contributed by atoms with E-state index in [2.05, 4.69) is 4.74 Å².